The van der Waals surface area contributed by atoms with Gasteiger partial charge in [0.05, 0.1) is 22.2 Å². The van der Waals surface area contributed by atoms with E-state index >= 15 is 0 Å². The molecule has 6 nitrogen and oxygen atoms in total. The van der Waals surface area contributed by atoms with Gasteiger partial charge in [-0.25, -0.2) is 12.8 Å². The van der Waals surface area contributed by atoms with E-state index < -0.39 is 15.8 Å². The van der Waals surface area contributed by atoms with Gasteiger partial charge in [0.1, 0.15) is 5.82 Å². The first-order chi connectivity index (χ1) is 13.3. The maximum atomic E-state index is 13.0. The number of hydrogen-bond donors (Lipinski definition) is 1. The smallest absolute Gasteiger partial charge is 0.243 e. The minimum atomic E-state index is -3.67. The van der Waals surface area contributed by atoms with Gasteiger partial charge in [0.15, 0.2) is 0 Å². The minimum Gasteiger partial charge on any atom is -0.324 e. The second-order valence-electron chi connectivity index (χ2n) is 6.67. The van der Waals surface area contributed by atoms with Gasteiger partial charge in [0, 0.05) is 26.2 Å². The number of sulfonamides is 1. The summed E-state index contributed by atoms with van der Waals surface area (Å²) in [7, 11) is -3.67. The van der Waals surface area contributed by atoms with E-state index in [-0.39, 0.29) is 30.4 Å². The number of nitrogens with one attached hydrogen (secondary N) is 1. The Labute approximate surface area is 168 Å². The first kappa shape index (κ1) is 20.7. The number of amides is 1. The van der Waals surface area contributed by atoms with Crippen molar-refractivity contribution in [2.24, 2.45) is 0 Å². The summed E-state index contributed by atoms with van der Waals surface area (Å²) in [6.07, 6.45) is 0. The quantitative estimate of drug-likeness (QED) is 0.799. The van der Waals surface area contributed by atoms with Gasteiger partial charge in [0.2, 0.25) is 15.9 Å². The van der Waals surface area contributed by atoms with E-state index in [0.29, 0.717) is 23.8 Å². The predicted octanol–water partition coefficient (Wildman–Crippen LogP) is 2.73. The zero-order chi connectivity index (χ0) is 20.3. The number of aryl methyl sites for hydroxylation is 1. The number of piperazine rings is 1. The van der Waals surface area contributed by atoms with Crippen molar-refractivity contribution >= 4 is 33.2 Å². The van der Waals surface area contributed by atoms with Crippen molar-refractivity contribution in [2.75, 3.05) is 38.0 Å². The van der Waals surface area contributed by atoms with Crippen molar-refractivity contribution in [1.29, 1.82) is 0 Å². The first-order valence-corrected chi connectivity index (χ1v) is 10.6. The van der Waals surface area contributed by atoms with Crippen molar-refractivity contribution in [3.05, 3.63) is 58.9 Å². The molecule has 0 atom stereocenters. The molecule has 1 heterocycles. The highest BCUT2D eigenvalue weighted by atomic mass is 35.5. The van der Waals surface area contributed by atoms with Crippen LogP contribution in [0.4, 0.5) is 10.1 Å². The van der Waals surface area contributed by atoms with Gasteiger partial charge in [-0.15, -0.1) is 0 Å². The van der Waals surface area contributed by atoms with E-state index in [0.717, 1.165) is 17.7 Å². The fraction of sp³-hybridized carbons (Fsp3) is 0.316. The third-order valence-electron chi connectivity index (χ3n) is 4.55. The highest BCUT2D eigenvalue weighted by molar-refractivity contribution is 7.89. The molecule has 0 unspecified atom stereocenters. The molecule has 1 amide bonds. The van der Waals surface area contributed by atoms with Gasteiger partial charge in [-0.3, -0.25) is 9.69 Å². The Balaban J connectivity index is 1.55. The van der Waals surface area contributed by atoms with E-state index in [1.165, 1.54) is 16.4 Å². The summed E-state index contributed by atoms with van der Waals surface area (Å²) in [6.45, 7) is 3.44. The molecule has 9 heteroatoms. The van der Waals surface area contributed by atoms with Crippen LogP contribution < -0.4 is 5.32 Å². The second kappa shape index (κ2) is 8.57. The highest BCUT2D eigenvalue weighted by Gasteiger charge is 2.29. The number of anilines is 1. The van der Waals surface area contributed by atoms with Crippen molar-refractivity contribution in [3.63, 3.8) is 0 Å². The Bertz CT molecular complexity index is 959. The van der Waals surface area contributed by atoms with Crippen molar-refractivity contribution in [1.82, 2.24) is 9.21 Å². The molecule has 0 spiro atoms. The molecule has 2 aromatic carbocycles. The normalized spacial score (nSPS) is 16.1. The largest absolute Gasteiger partial charge is 0.324 e. The van der Waals surface area contributed by atoms with Crippen molar-refractivity contribution < 1.29 is 17.6 Å². The molecule has 2 aromatic rings. The lowest BCUT2D eigenvalue weighted by Crippen LogP contribution is -2.50. The van der Waals surface area contributed by atoms with Gasteiger partial charge in [-0.05, 0) is 48.9 Å². The number of carbonyl (C=O) groups excluding carboxylic acids is 1. The van der Waals surface area contributed by atoms with Gasteiger partial charge in [0.25, 0.3) is 0 Å². The van der Waals surface area contributed by atoms with Crippen molar-refractivity contribution in [3.8, 4) is 0 Å². The maximum absolute atomic E-state index is 13.0. The lowest BCUT2D eigenvalue weighted by Gasteiger charge is -2.33. The maximum Gasteiger partial charge on any atom is 0.243 e. The molecule has 0 saturated carbocycles. The number of hydrogen-bond acceptors (Lipinski definition) is 4. The summed E-state index contributed by atoms with van der Waals surface area (Å²) < 4.78 is 39.6. The number of halogens is 2. The standard InChI is InChI=1S/C19H21ClFN3O3S/c1-14-2-7-18(17(20)12-14)22-19(25)13-23-8-10-24(11-9-23)28(26,27)16-5-3-15(21)4-6-16/h2-7,12H,8-11,13H2,1H3,(H,22,25). The molecule has 1 saturated heterocycles. The third-order valence-corrected chi connectivity index (χ3v) is 6.77. The Morgan fingerprint density at radius 1 is 1.11 bits per heavy atom. The van der Waals surface area contributed by atoms with Crippen LogP contribution in [0.2, 0.25) is 5.02 Å². The number of rotatable bonds is 5. The van der Waals surface area contributed by atoms with Gasteiger partial charge < -0.3 is 5.32 Å². The summed E-state index contributed by atoms with van der Waals surface area (Å²) in [5.74, 6) is -0.691. The van der Waals surface area contributed by atoms with Crippen LogP contribution in [0.3, 0.4) is 0 Å². The summed E-state index contributed by atoms with van der Waals surface area (Å²) in [5, 5.41) is 3.25. The van der Waals surface area contributed by atoms with Gasteiger partial charge in [-0.2, -0.15) is 4.31 Å². The van der Waals surface area contributed by atoms with Crippen LogP contribution in [0.25, 0.3) is 0 Å². The SMILES string of the molecule is Cc1ccc(NC(=O)CN2CCN(S(=O)(=O)c3ccc(F)cc3)CC2)c(Cl)c1. The molecule has 3 rings (SSSR count). The molecule has 1 fully saturated rings. The van der Waals surface area contributed by atoms with E-state index in [9.17, 15) is 17.6 Å². The minimum absolute atomic E-state index is 0.0640. The monoisotopic (exact) mass is 425 g/mol. The van der Waals surface area contributed by atoms with Crippen LogP contribution in [-0.2, 0) is 14.8 Å². The average Bonchev–Trinajstić information content (AvgIpc) is 2.65. The summed E-state index contributed by atoms with van der Waals surface area (Å²) in [6, 6.07) is 10.2. The molecule has 28 heavy (non-hydrogen) atoms. The fourth-order valence-corrected chi connectivity index (χ4v) is 4.70. The zero-order valence-corrected chi connectivity index (χ0v) is 16.9. The average molecular weight is 426 g/mol. The van der Waals surface area contributed by atoms with E-state index in [1.807, 2.05) is 17.9 Å². The topological polar surface area (TPSA) is 69.7 Å². The van der Waals surface area contributed by atoms with Crippen LogP contribution >= 0.6 is 11.6 Å². The van der Waals surface area contributed by atoms with Gasteiger partial charge in [-0.1, -0.05) is 17.7 Å². The number of benzene rings is 2. The molecule has 150 valence electrons. The predicted molar refractivity (Wildman–Crippen MR) is 106 cm³/mol. The van der Waals surface area contributed by atoms with E-state index in [1.54, 1.807) is 12.1 Å². The lowest BCUT2D eigenvalue weighted by molar-refractivity contribution is -0.117. The molecule has 0 bridgehead atoms. The Kier molecular flexibility index (Phi) is 6.34. The van der Waals surface area contributed by atoms with E-state index in [2.05, 4.69) is 5.32 Å². The molecule has 1 aliphatic heterocycles. The van der Waals surface area contributed by atoms with Crippen LogP contribution in [0.1, 0.15) is 5.56 Å². The molecule has 0 aromatic heterocycles. The second-order valence-corrected chi connectivity index (χ2v) is 9.01. The number of carbonyl (C=O) groups is 1. The molecule has 1 aliphatic rings. The van der Waals surface area contributed by atoms with Gasteiger partial charge >= 0.3 is 0 Å². The Morgan fingerprint density at radius 2 is 1.75 bits per heavy atom. The van der Waals surface area contributed by atoms with Crippen LogP contribution in [-0.4, -0.2) is 56.3 Å². The molecule has 0 aliphatic carbocycles. The van der Waals surface area contributed by atoms with E-state index in [4.69, 9.17) is 11.6 Å². The van der Waals surface area contributed by atoms with Crippen LogP contribution in [0.5, 0.6) is 0 Å². The molecule has 1 N–H and O–H groups in total. The lowest BCUT2D eigenvalue weighted by atomic mass is 10.2. The summed E-state index contributed by atoms with van der Waals surface area (Å²) >= 11 is 6.13. The van der Waals surface area contributed by atoms with Crippen molar-refractivity contribution in [2.45, 2.75) is 11.8 Å². The Morgan fingerprint density at radius 3 is 2.36 bits per heavy atom. The third kappa shape index (κ3) is 4.88. The molecule has 0 radical (unpaired) electrons. The van der Waals surface area contributed by atoms with Crippen LogP contribution in [0.15, 0.2) is 47.4 Å². The zero-order valence-electron chi connectivity index (χ0n) is 15.4. The highest BCUT2D eigenvalue weighted by Crippen LogP contribution is 2.23. The first-order valence-electron chi connectivity index (χ1n) is 8.80. The van der Waals surface area contributed by atoms with Crippen LogP contribution in [0, 0.1) is 12.7 Å². The molecular formula is C19H21ClFN3O3S. The summed E-state index contributed by atoms with van der Waals surface area (Å²) in [5.41, 5.74) is 1.55. The molecular weight excluding hydrogens is 405 g/mol. The number of nitrogens with zero attached hydrogens (tertiary/aromatic N) is 2. The summed E-state index contributed by atoms with van der Waals surface area (Å²) in [4.78, 5) is 14.2. The Hall–Kier alpha value is -2.00. The fourth-order valence-electron chi connectivity index (χ4n) is 3.00.